The SMILES string of the molecule is C#CCN(CC(=O)O)S(=O)(=O)N1CC(C)OC(C)C1. The van der Waals surface area contributed by atoms with Gasteiger partial charge in [0.1, 0.15) is 6.54 Å². The maximum absolute atomic E-state index is 12.3. The van der Waals surface area contributed by atoms with Crippen LogP contribution in [0.4, 0.5) is 0 Å². The van der Waals surface area contributed by atoms with E-state index in [0.717, 1.165) is 4.31 Å². The summed E-state index contributed by atoms with van der Waals surface area (Å²) in [4.78, 5) is 10.7. The number of nitrogens with zero attached hydrogens (tertiary/aromatic N) is 2. The monoisotopic (exact) mass is 290 g/mol. The second kappa shape index (κ2) is 6.34. The van der Waals surface area contributed by atoms with Crippen LogP contribution in [-0.2, 0) is 19.7 Å². The summed E-state index contributed by atoms with van der Waals surface area (Å²) >= 11 is 0. The van der Waals surface area contributed by atoms with Crippen LogP contribution in [0.25, 0.3) is 0 Å². The van der Waals surface area contributed by atoms with Gasteiger partial charge >= 0.3 is 5.97 Å². The van der Waals surface area contributed by atoms with E-state index in [-0.39, 0.29) is 31.8 Å². The molecule has 0 aromatic heterocycles. The van der Waals surface area contributed by atoms with Crippen LogP contribution in [0.3, 0.4) is 0 Å². The van der Waals surface area contributed by atoms with E-state index in [1.807, 2.05) is 0 Å². The van der Waals surface area contributed by atoms with E-state index in [4.69, 9.17) is 16.3 Å². The second-order valence-corrected chi connectivity index (χ2v) is 6.38. The van der Waals surface area contributed by atoms with Crippen LogP contribution in [0.1, 0.15) is 13.8 Å². The van der Waals surface area contributed by atoms with Crippen molar-refractivity contribution in [3.05, 3.63) is 0 Å². The predicted octanol–water partition coefficient (Wildman–Crippen LogP) is -0.640. The van der Waals surface area contributed by atoms with Crippen molar-refractivity contribution >= 4 is 16.2 Å². The van der Waals surface area contributed by atoms with E-state index in [2.05, 4.69) is 5.92 Å². The Balaban J connectivity index is 2.92. The molecule has 2 unspecified atom stereocenters. The first-order valence-corrected chi connectivity index (χ1v) is 7.23. The molecule has 0 bridgehead atoms. The van der Waals surface area contributed by atoms with E-state index >= 15 is 0 Å². The average Bonchev–Trinajstić information content (AvgIpc) is 2.26. The summed E-state index contributed by atoms with van der Waals surface area (Å²) in [5.74, 6) is 0.924. The summed E-state index contributed by atoms with van der Waals surface area (Å²) in [7, 11) is -3.88. The van der Waals surface area contributed by atoms with Crippen molar-refractivity contribution in [2.24, 2.45) is 0 Å². The summed E-state index contributed by atoms with van der Waals surface area (Å²) in [5.41, 5.74) is 0. The molecule has 2 atom stereocenters. The molecule has 1 fully saturated rings. The first-order valence-electron chi connectivity index (χ1n) is 5.83. The molecule has 1 saturated heterocycles. The minimum Gasteiger partial charge on any atom is -0.480 e. The lowest BCUT2D eigenvalue weighted by Crippen LogP contribution is -2.53. The average molecular weight is 290 g/mol. The van der Waals surface area contributed by atoms with Crippen LogP contribution in [0.2, 0.25) is 0 Å². The zero-order chi connectivity index (χ0) is 14.6. The van der Waals surface area contributed by atoms with Gasteiger partial charge in [0.05, 0.1) is 18.8 Å². The normalized spacial score (nSPS) is 25.2. The highest BCUT2D eigenvalue weighted by atomic mass is 32.2. The van der Waals surface area contributed by atoms with Gasteiger partial charge in [-0.3, -0.25) is 4.79 Å². The molecule has 1 heterocycles. The third kappa shape index (κ3) is 4.18. The first-order chi connectivity index (χ1) is 8.77. The quantitative estimate of drug-likeness (QED) is 0.681. The van der Waals surface area contributed by atoms with Crippen molar-refractivity contribution in [3.63, 3.8) is 0 Å². The maximum atomic E-state index is 12.3. The fourth-order valence-corrected chi connectivity index (χ4v) is 3.59. The van der Waals surface area contributed by atoms with Crippen LogP contribution >= 0.6 is 0 Å². The number of terminal acetylenes is 1. The molecule has 1 aliphatic heterocycles. The van der Waals surface area contributed by atoms with Crippen molar-refractivity contribution in [1.82, 2.24) is 8.61 Å². The van der Waals surface area contributed by atoms with E-state index in [1.54, 1.807) is 13.8 Å². The van der Waals surface area contributed by atoms with E-state index in [1.165, 1.54) is 4.31 Å². The van der Waals surface area contributed by atoms with Gasteiger partial charge in [-0.05, 0) is 13.8 Å². The number of hydrogen-bond acceptors (Lipinski definition) is 4. The van der Waals surface area contributed by atoms with Crippen molar-refractivity contribution < 1.29 is 23.1 Å². The number of morpholine rings is 1. The van der Waals surface area contributed by atoms with Crippen molar-refractivity contribution in [2.75, 3.05) is 26.2 Å². The van der Waals surface area contributed by atoms with Gasteiger partial charge in [0.2, 0.25) is 0 Å². The molecular formula is C11H18N2O5S. The number of aliphatic carboxylic acids is 1. The van der Waals surface area contributed by atoms with Crippen LogP contribution in [0, 0.1) is 12.3 Å². The molecule has 19 heavy (non-hydrogen) atoms. The van der Waals surface area contributed by atoms with Crippen LogP contribution in [-0.4, -0.2) is 66.5 Å². The molecule has 1 aliphatic rings. The number of hydrogen-bond donors (Lipinski definition) is 1. The molecule has 1 rings (SSSR count). The number of carbonyl (C=O) groups is 1. The van der Waals surface area contributed by atoms with E-state index < -0.39 is 22.7 Å². The Hall–Kier alpha value is -1.14. The zero-order valence-electron chi connectivity index (χ0n) is 10.9. The van der Waals surface area contributed by atoms with Gasteiger partial charge in [-0.15, -0.1) is 6.42 Å². The third-order valence-corrected chi connectivity index (χ3v) is 4.48. The molecule has 0 amide bonds. The Morgan fingerprint density at radius 3 is 2.42 bits per heavy atom. The Labute approximate surface area is 113 Å². The van der Waals surface area contributed by atoms with Gasteiger partial charge in [-0.25, -0.2) is 0 Å². The number of carboxylic acid groups (broad SMARTS) is 1. The summed E-state index contributed by atoms with van der Waals surface area (Å²) in [5, 5.41) is 8.76. The topological polar surface area (TPSA) is 87.2 Å². The number of ether oxygens (including phenoxy) is 1. The summed E-state index contributed by atoms with van der Waals surface area (Å²) in [6, 6.07) is 0. The minimum atomic E-state index is -3.88. The number of carboxylic acids is 1. The smallest absolute Gasteiger partial charge is 0.318 e. The van der Waals surface area contributed by atoms with Crippen molar-refractivity contribution in [1.29, 1.82) is 0 Å². The van der Waals surface area contributed by atoms with Crippen LogP contribution in [0.15, 0.2) is 0 Å². The molecule has 8 heteroatoms. The molecule has 0 aliphatic carbocycles. The first kappa shape index (κ1) is 15.9. The number of rotatable bonds is 5. The highest BCUT2D eigenvalue weighted by Crippen LogP contribution is 2.17. The molecule has 0 aromatic rings. The molecule has 0 saturated carbocycles. The van der Waals surface area contributed by atoms with Crippen molar-refractivity contribution in [3.8, 4) is 12.3 Å². The Bertz CT molecular complexity index is 460. The van der Waals surface area contributed by atoms with Gasteiger partial charge in [0, 0.05) is 13.1 Å². The van der Waals surface area contributed by atoms with Gasteiger partial charge in [-0.2, -0.15) is 17.0 Å². The lowest BCUT2D eigenvalue weighted by molar-refractivity contribution is -0.137. The molecular weight excluding hydrogens is 272 g/mol. The minimum absolute atomic E-state index is 0.188. The van der Waals surface area contributed by atoms with E-state index in [0.29, 0.717) is 0 Å². The van der Waals surface area contributed by atoms with Crippen LogP contribution < -0.4 is 0 Å². The Kier molecular flexibility index (Phi) is 5.31. The van der Waals surface area contributed by atoms with E-state index in [9.17, 15) is 13.2 Å². The molecule has 0 aromatic carbocycles. The third-order valence-electron chi connectivity index (χ3n) is 2.62. The fourth-order valence-electron chi connectivity index (χ4n) is 1.95. The lowest BCUT2D eigenvalue weighted by Gasteiger charge is -2.36. The standard InChI is InChI=1S/C11H18N2O5S/c1-4-5-12(8-11(14)15)19(16,17)13-6-9(2)18-10(3)7-13/h1,9-10H,5-8H2,2-3H3,(H,14,15). The van der Waals surface area contributed by atoms with Gasteiger partial charge in [0.15, 0.2) is 0 Å². The highest BCUT2D eigenvalue weighted by molar-refractivity contribution is 7.86. The second-order valence-electron chi connectivity index (χ2n) is 4.45. The van der Waals surface area contributed by atoms with Crippen LogP contribution in [0.5, 0.6) is 0 Å². The zero-order valence-corrected chi connectivity index (χ0v) is 11.8. The van der Waals surface area contributed by atoms with Crippen molar-refractivity contribution in [2.45, 2.75) is 26.1 Å². The molecule has 1 N–H and O–H groups in total. The lowest BCUT2D eigenvalue weighted by atomic mass is 10.3. The van der Waals surface area contributed by atoms with Gasteiger partial charge in [0.25, 0.3) is 10.2 Å². The summed E-state index contributed by atoms with van der Waals surface area (Å²) in [6.07, 6.45) is 4.61. The maximum Gasteiger partial charge on any atom is 0.318 e. The molecule has 0 spiro atoms. The molecule has 7 nitrogen and oxygen atoms in total. The molecule has 0 radical (unpaired) electrons. The summed E-state index contributed by atoms with van der Waals surface area (Å²) in [6.45, 7) is 2.99. The molecule has 108 valence electrons. The Morgan fingerprint density at radius 2 is 2.00 bits per heavy atom. The fraction of sp³-hybridized carbons (Fsp3) is 0.727. The summed E-state index contributed by atoms with van der Waals surface area (Å²) < 4.78 is 32.1. The van der Waals surface area contributed by atoms with Gasteiger partial charge in [-0.1, -0.05) is 5.92 Å². The largest absolute Gasteiger partial charge is 0.480 e. The predicted molar refractivity (Wildman–Crippen MR) is 68.5 cm³/mol. The highest BCUT2D eigenvalue weighted by Gasteiger charge is 2.35. The Morgan fingerprint density at radius 1 is 1.47 bits per heavy atom. The van der Waals surface area contributed by atoms with Gasteiger partial charge < -0.3 is 9.84 Å².